The van der Waals surface area contributed by atoms with Crippen molar-refractivity contribution in [1.29, 1.82) is 0 Å². The first kappa shape index (κ1) is 25.2. The van der Waals surface area contributed by atoms with Crippen LogP contribution in [0, 0.1) is 11.7 Å². The van der Waals surface area contributed by atoms with E-state index in [0.717, 1.165) is 22.8 Å². The van der Waals surface area contributed by atoms with Gasteiger partial charge in [-0.05, 0) is 48.7 Å². The number of ether oxygens (including phenoxy) is 2. The van der Waals surface area contributed by atoms with Gasteiger partial charge in [0.1, 0.15) is 11.6 Å². The molecule has 182 valence electrons. The zero-order chi connectivity index (χ0) is 25.1. The summed E-state index contributed by atoms with van der Waals surface area (Å²) in [6, 6.07) is 19.9. The molecule has 0 aromatic heterocycles. The molecule has 0 saturated carbocycles. The molecule has 0 aliphatic carbocycles. The molecule has 7 heteroatoms. The average molecular weight is 515 g/mol. The predicted octanol–water partition coefficient (Wildman–Crippen LogP) is 7.77. The van der Waals surface area contributed by atoms with Gasteiger partial charge >= 0.3 is 5.97 Å². The Morgan fingerprint density at radius 3 is 2.46 bits per heavy atom. The lowest BCUT2D eigenvalue weighted by Crippen LogP contribution is -2.32. The summed E-state index contributed by atoms with van der Waals surface area (Å²) >= 11 is 12.6. The highest BCUT2D eigenvalue weighted by molar-refractivity contribution is 6.32. The maximum Gasteiger partial charge on any atom is 0.341 e. The SMILES string of the molecule is C=C(C)[C@H]1C[C@H](c2cccc(Cl)c2)[C@H](c2ccccc2)O[C@@H]1c1cc(F)cc(Cl)c1OCC(=O)O. The molecule has 0 radical (unpaired) electrons. The summed E-state index contributed by atoms with van der Waals surface area (Å²) in [6.45, 7) is 5.46. The van der Waals surface area contributed by atoms with E-state index in [1.165, 1.54) is 6.07 Å². The van der Waals surface area contributed by atoms with E-state index in [1.807, 2.05) is 61.5 Å². The molecule has 0 unspecified atom stereocenters. The van der Waals surface area contributed by atoms with Crippen molar-refractivity contribution in [3.05, 3.63) is 111 Å². The van der Waals surface area contributed by atoms with Crippen LogP contribution in [0.3, 0.4) is 0 Å². The maximum absolute atomic E-state index is 14.5. The van der Waals surface area contributed by atoms with Crippen LogP contribution in [0.15, 0.2) is 78.9 Å². The number of benzene rings is 3. The Labute approximate surface area is 213 Å². The molecular weight excluding hydrogens is 490 g/mol. The van der Waals surface area contributed by atoms with Crippen LogP contribution in [-0.2, 0) is 9.53 Å². The summed E-state index contributed by atoms with van der Waals surface area (Å²) in [5, 5.41) is 9.75. The molecule has 4 rings (SSSR count). The molecular formula is C28H25Cl2FO4. The minimum Gasteiger partial charge on any atom is -0.480 e. The van der Waals surface area contributed by atoms with Crippen LogP contribution in [0.2, 0.25) is 10.0 Å². The van der Waals surface area contributed by atoms with E-state index in [1.54, 1.807) is 0 Å². The van der Waals surface area contributed by atoms with Gasteiger partial charge < -0.3 is 14.6 Å². The van der Waals surface area contributed by atoms with Crippen LogP contribution in [0.1, 0.15) is 48.2 Å². The van der Waals surface area contributed by atoms with Gasteiger partial charge in [0.2, 0.25) is 0 Å². The molecule has 1 heterocycles. The average Bonchev–Trinajstić information content (AvgIpc) is 2.82. The van der Waals surface area contributed by atoms with Crippen molar-refractivity contribution in [2.45, 2.75) is 31.5 Å². The van der Waals surface area contributed by atoms with Crippen LogP contribution in [0.4, 0.5) is 4.39 Å². The van der Waals surface area contributed by atoms with Gasteiger partial charge in [0.05, 0.1) is 17.2 Å². The second-order valence-electron chi connectivity index (χ2n) is 8.73. The van der Waals surface area contributed by atoms with E-state index in [2.05, 4.69) is 6.58 Å². The molecule has 1 N–H and O–H groups in total. The number of aliphatic carboxylic acids is 1. The molecule has 4 nitrogen and oxygen atoms in total. The Hall–Kier alpha value is -2.86. The first-order chi connectivity index (χ1) is 16.7. The normalized spacial score (nSPS) is 21.9. The quantitative estimate of drug-likeness (QED) is 0.327. The highest BCUT2D eigenvalue weighted by Crippen LogP contribution is 2.54. The monoisotopic (exact) mass is 514 g/mol. The van der Waals surface area contributed by atoms with Gasteiger partial charge in [0.15, 0.2) is 6.61 Å². The zero-order valence-corrected chi connectivity index (χ0v) is 20.6. The lowest BCUT2D eigenvalue weighted by Gasteiger charge is -2.43. The Morgan fingerprint density at radius 1 is 1.09 bits per heavy atom. The number of hydrogen-bond acceptors (Lipinski definition) is 3. The summed E-state index contributed by atoms with van der Waals surface area (Å²) in [5.41, 5.74) is 3.18. The van der Waals surface area contributed by atoms with Crippen molar-refractivity contribution in [1.82, 2.24) is 0 Å². The topological polar surface area (TPSA) is 55.8 Å². The van der Waals surface area contributed by atoms with Crippen molar-refractivity contribution in [3.8, 4) is 5.75 Å². The number of halogens is 3. The summed E-state index contributed by atoms with van der Waals surface area (Å²) in [7, 11) is 0. The minimum atomic E-state index is -1.17. The molecule has 0 amide bonds. The van der Waals surface area contributed by atoms with E-state index in [4.69, 9.17) is 37.8 Å². The van der Waals surface area contributed by atoms with Gasteiger partial charge in [-0.1, -0.05) is 77.8 Å². The fraction of sp³-hybridized carbons (Fsp3) is 0.250. The highest BCUT2D eigenvalue weighted by Gasteiger charge is 2.42. The molecule has 1 fully saturated rings. The van der Waals surface area contributed by atoms with Gasteiger partial charge in [0.25, 0.3) is 0 Å². The summed E-state index contributed by atoms with van der Waals surface area (Å²) in [6.07, 6.45) is -0.401. The summed E-state index contributed by atoms with van der Waals surface area (Å²) < 4.78 is 26.8. The number of carbonyl (C=O) groups is 1. The predicted molar refractivity (Wildman–Crippen MR) is 135 cm³/mol. The van der Waals surface area contributed by atoms with Gasteiger partial charge in [-0.2, -0.15) is 0 Å². The number of hydrogen-bond donors (Lipinski definition) is 1. The van der Waals surface area contributed by atoms with E-state index in [-0.39, 0.29) is 28.7 Å². The molecule has 4 atom stereocenters. The van der Waals surface area contributed by atoms with E-state index >= 15 is 0 Å². The molecule has 1 saturated heterocycles. The van der Waals surface area contributed by atoms with Crippen molar-refractivity contribution in [2.24, 2.45) is 5.92 Å². The number of carboxylic acid groups (broad SMARTS) is 1. The molecule has 0 bridgehead atoms. The highest BCUT2D eigenvalue weighted by atomic mass is 35.5. The molecule has 3 aromatic rings. The summed E-state index contributed by atoms with van der Waals surface area (Å²) in [4.78, 5) is 11.2. The first-order valence-electron chi connectivity index (χ1n) is 11.2. The molecule has 1 aliphatic heterocycles. The second-order valence-corrected chi connectivity index (χ2v) is 9.57. The number of carboxylic acids is 1. The van der Waals surface area contributed by atoms with Crippen LogP contribution >= 0.6 is 23.2 Å². The Kier molecular flexibility index (Phi) is 7.80. The smallest absolute Gasteiger partial charge is 0.341 e. The third-order valence-corrected chi connectivity index (χ3v) is 6.77. The first-order valence-corrected chi connectivity index (χ1v) is 11.9. The Bertz CT molecular complexity index is 1230. The van der Waals surface area contributed by atoms with Gasteiger partial charge in [-0.25, -0.2) is 9.18 Å². The molecule has 0 spiro atoms. The van der Waals surface area contributed by atoms with Gasteiger partial charge in [0, 0.05) is 22.4 Å². The Morgan fingerprint density at radius 2 is 1.80 bits per heavy atom. The third-order valence-electron chi connectivity index (χ3n) is 6.25. The van der Waals surface area contributed by atoms with Crippen LogP contribution in [0.25, 0.3) is 0 Å². The van der Waals surface area contributed by atoms with Crippen molar-refractivity contribution in [2.75, 3.05) is 6.61 Å². The van der Waals surface area contributed by atoms with E-state index in [0.29, 0.717) is 17.0 Å². The number of rotatable bonds is 7. The van der Waals surface area contributed by atoms with Crippen LogP contribution in [0.5, 0.6) is 5.75 Å². The second kappa shape index (κ2) is 10.8. The minimum absolute atomic E-state index is 0.0152. The Balaban J connectivity index is 1.83. The van der Waals surface area contributed by atoms with Gasteiger partial charge in [-0.3, -0.25) is 0 Å². The molecule has 35 heavy (non-hydrogen) atoms. The lowest BCUT2D eigenvalue weighted by molar-refractivity contribution is -0.139. The maximum atomic E-state index is 14.5. The third kappa shape index (κ3) is 5.69. The van der Waals surface area contributed by atoms with E-state index in [9.17, 15) is 9.18 Å². The lowest BCUT2D eigenvalue weighted by atomic mass is 9.74. The van der Waals surface area contributed by atoms with Crippen LogP contribution < -0.4 is 4.74 Å². The van der Waals surface area contributed by atoms with E-state index < -0.39 is 24.5 Å². The van der Waals surface area contributed by atoms with Crippen molar-refractivity contribution < 1.29 is 23.8 Å². The zero-order valence-electron chi connectivity index (χ0n) is 19.1. The molecule has 1 aliphatic rings. The van der Waals surface area contributed by atoms with Crippen molar-refractivity contribution >= 4 is 29.2 Å². The standard InChI is InChI=1S/C28H25Cl2FO4/c1-16(2)21-14-22(18-9-6-10-19(29)11-18)26(17-7-4-3-5-8-17)35-27(21)23-12-20(31)13-24(30)28(23)34-15-25(32)33/h3-13,21-22,26-27H,1,14-15H2,2H3,(H,32,33)/t21-,22-,26+,27+/m1/s1. The van der Waals surface area contributed by atoms with Crippen molar-refractivity contribution in [3.63, 3.8) is 0 Å². The fourth-order valence-corrected chi connectivity index (χ4v) is 5.16. The largest absolute Gasteiger partial charge is 0.480 e. The van der Waals surface area contributed by atoms with Gasteiger partial charge in [-0.15, -0.1) is 0 Å². The summed E-state index contributed by atoms with van der Waals surface area (Å²) in [5.74, 6) is -1.91. The fourth-order valence-electron chi connectivity index (χ4n) is 4.70. The van der Waals surface area contributed by atoms with Crippen LogP contribution in [-0.4, -0.2) is 17.7 Å². The molecule has 3 aromatic carbocycles.